The number of aryl methyl sites for hydroxylation is 1. The zero-order valence-corrected chi connectivity index (χ0v) is 15.8. The number of para-hydroxylation sites is 1. The van der Waals surface area contributed by atoms with Gasteiger partial charge in [0.05, 0.1) is 0 Å². The second-order valence-corrected chi connectivity index (χ2v) is 8.08. The van der Waals surface area contributed by atoms with Crippen molar-refractivity contribution in [3.8, 4) is 0 Å². The van der Waals surface area contributed by atoms with Crippen LogP contribution in [0.2, 0.25) is 0 Å². The topological polar surface area (TPSA) is 48.8 Å². The van der Waals surface area contributed by atoms with Gasteiger partial charge in [0.1, 0.15) is 12.1 Å². The summed E-state index contributed by atoms with van der Waals surface area (Å²) in [4.78, 5) is 32.0. The number of hydrogen-bond donors (Lipinski definition) is 0. The van der Waals surface area contributed by atoms with Crippen LogP contribution in [0.1, 0.15) is 25.0 Å². The number of carbonyl (C=O) groups is 2. The number of nitrogens with zero attached hydrogens (tertiary/aromatic N) is 4. The van der Waals surface area contributed by atoms with Gasteiger partial charge in [0.15, 0.2) is 0 Å². The number of fused-ring (bicyclic) bond motifs is 3. The minimum atomic E-state index is -0.310. The molecule has 27 heavy (non-hydrogen) atoms. The molecular formula is C21H26N4O2. The molecule has 0 spiro atoms. The fraction of sp³-hybridized carbons (Fsp3) is 0.524. The van der Waals surface area contributed by atoms with E-state index in [0.717, 1.165) is 38.9 Å². The van der Waals surface area contributed by atoms with Gasteiger partial charge in [-0.2, -0.15) is 0 Å². The lowest BCUT2D eigenvalue weighted by Gasteiger charge is -2.50. The molecule has 3 saturated heterocycles. The van der Waals surface area contributed by atoms with E-state index in [1.165, 1.54) is 16.6 Å². The Morgan fingerprint density at radius 1 is 0.963 bits per heavy atom. The summed E-state index contributed by atoms with van der Waals surface area (Å²) in [5.41, 5.74) is 2.47. The average molecular weight is 366 g/mol. The second-order valence-electron chi connectivity index (χ2n) is 8.08. The number of hydrogen-bond acceptors (Lipinski definition) is 3. The molecular weight excluding hydrogens is 340 g/mol. The van der Waals surface area contributed by atoms with Gasteiger partial charge in [-0.05, 0) is 36.8 Å². The smallest absolute Gasteiger partial charge is 0.247 e. The molecule has 2 unspecified atom stereocenters. The van der Waals surface area contributed by atoms with Gasteiger partial charge in [0, 0.05) is 51.0 Å². The first-order valence-corrected chi connectivity index (χ1v) is 10.00. The Hall–Kier alpha value is -2.34. The number of benzene rings is 1. The fourth-order valence-corrected chi connectivity index (χ4v) is 5.02. The quantitative estimate of drug-likeness (QED) is 0.811. The summed E-state index contributed by atoms with van der Waals surface area (Å²) < 4.78 is 2.23. The Balaban J connectivity index is 1.36. The predicted octanol–water partition coefficient (Wildman–Crippen LogP) is 1.59. The first kappa shape index (κ1) is 16.8. The first-order chi connectivity index (χ1) is 13.1. The lowest BCUT2D eigenvalue weighted by Crippen LogP contribution is -2.70. The third kappa shape index (κ3) is 2.65. The van der Waals surface area contributed by atoms with Gasteiger partial charge in [0.25, 0.3) is 0 Å². The first-order valence-electron chi connectivity index (χ1n) is 10.00. The lowest BCUT2D eigenvalue weighted by atomic mass is 9.94. The van der Waals surface area contributed by atoms with Crippen molar-refractivity contribution in [1.82, 2.24) is 19.3 Å². The molecule has 1 aromatic carbocycles. The van der Waals surface area contributed by atoms with Gasteiger partial charge in [-0.25, -0.2) is 0 Å². The van der Waals surface area contributed by atoms with Crippen LogP contribution < -0.4 is 0 Å². The summed E-state index contributed by atoms with van der Waals surface area (Å²) in [6, 6.07) is 10.1. The normalized spacial score (nSPS) is 26.4. The van der Waals surface area contributed by atoms with E-state index in [0.29, 0.717) is 13.1 Å². The molecule has 1 aromatic heterocycles. The highest BCUT2D eigenvalue weighted by Crippen LogP contribution is 2.29. The summed E-state index contributed by atoms with van der Waals surface area (Å²) in [7, 11) is 2.10. The minimum absolute atomic E-state index is 0.154. The SMILES string of the molecule is Cn1c(CN2CCN3C(=O)C4CCCCN4C(=O)C3C2)cc2ccccc21. The van der Waals surface area contributed by atoms with Gasteiger partial charge >= 0.3 is 0 Å². The van der Waals surface area contributed by atoms with Crippen LogP contribution in [0, 0.1) is 0 Å². The molecule has 3 fully saturated rings. The highest BCUT2D eigenvalue weighted by molar-refractivity contribution is 5.97. The summed E-state index contributed by atoms with van der Waals surface area (Å²) in [6.07, 6.45) is 2.89. The summed E-state index contributed by atoms with van der Waals surface area (Å²) in [5.74, 6) is 0.324. The molecule has 142 valence electrons. The highest BCUT2D eigenvalue weighted by atomic mass is 16.2. The van der Waals surface area contributed by atoms with Gasteiger partial charge in [0.2, 0.25) is 11.8 Å². The van der Waals surface area contributed by atoms with Crippen LogP contribution in [0.15, 0.2) is 30.3 Å². The molecule has 0 bridgehead atoms. The molecule has 0 aliphatic carbocycles. The van der Waals surface area contributed by atoms with E-state index in [2.05, 4.69) is 46.8 Å². The van der Waals surface area contributed by atoms with Crippen LogP contribution in [-0.4, -0.2) is 69.3 Å². The number of aromatic nitrogens is 1. The Labute approximate surface area is 159 Å². The molecule has 5 rings (SSSR count). The van der Waals surface area contributed by atoms with E-state index in [9.17, 15) is 9.59 Å². The van der Waals surface area contributed by atoms with Gasteiger partial charge in [-0.1, -0.05) is 18.2 Å². The predicted molar refractivity (Wildman–Crippen MR) is 103 cm³/mol. The molecule has 2 aromatic rings. The van der Waals surface area contributed by atoms with E-state index in [-0.39, 0.29) is 23.9 Å². The van der Waals surface area contributed by atoms with E-state index in [1.54, 1.807) is 0 Å². The summed E-state index contributed by atoms with van der Waals surface area (Å²) in [6.45, 7) is 3.66. The van der Waals surface area contributed by atoms with Crippen molar-refractivity contribution in [2.75, 3.05) is 26.2 Å². The molecule has 4 heterocycles. The Bertz CT molecular complexity index is 905. The molecule has 6 nitrogen and oxygen atoms in total. The average Bonchev–Trinajstić information content (AvgIpc) is 3.02. The van der Waals surface area contributed by atoms with Crippen LogP contribution in [0.4, 0.5) is 0 Å². The van der Waals surface area contributed by atoms with Gasteiger partial charge in [-0.3, -0.25) is 14.5 Å². The van der Waals surface area contributed by atoms with E-state index in [4.69, 9.17) is 0 Å². The fourth-order valence-electron chi connectivity index (χ4n) is 5.02. The monoisotopic (exact) mass is 366 g/mol. The maximum Gasteiger partial charge on any atom is 0.247 e. The molecule has 0 N–H and O–H groups in total. The van der Waals surface area contributed by atoms with Crippen LogP contribution in [0.25, 0.3) is 10.9 Å². The van der Waals surface area contributed by atoms with Crippen molar-refractivity contribution in [2.24, 2.45) is 7.05 Å². The second kappa shape index (κ2) is 6.37. The summed E-state index contributed by atoms with van der Waals surface area (Å²) >= 11 is 0. The zero-order chi connectivity index (χ0) is 18.5. The number of piperidine rings is 1. The number of amides is 2. The van der Waals surface area contributed by atoms with Crippen molar-refractivity contribution >= 4 is 22.7 Å². The maximum absolute atomic E-state index is 13.0. The van der Waals surface area contributed by atoms with Crippen LogP contribution in [-0.2, 0) is 23.2 Å². The molecule has 2 atom stereocenters. The number of rotatable bonds is 2. The molecule has 2 amide bonds. The van der Waals surface area contributed by atoms with E-state index >= 15 is 0 Å². The van der Waals surface area contributed by atoms with Gasteiger partial charge < -0.3 is 14.4 Å². The molecule has 3 aliphatic rings. The highest BCUT2D eigenvalue weighted by Gasteiger charge is 2.48. The lowest BCUT2D eigenvalue weighted by molar-refractivity contribution is -0.167. The van der Waals surface area contributed by atoms with Crippen molar-refractivity contribution in [2.45, 2.75) is 37.9 Å². The van der Waals surface area contributed by atoms with Gasteiger partial charge in [-0.15, -0.1) is 0 Å². The largest absolute Gasteiger partial charge is 0.346 e. The van der Waals surface area contributed by atoms with Crippen molar-refractivity contribution < 1.29 is 9.59 Å². The maximum atomic E-state index is 13.0. The molecule has 6 heteroatoms. The third-order valence-corrected chi connectivity index (χ3v) is 6.54. The Kier molecular flexibility index (Phi) is 3.97. The van der Waals surface area contributed by atoms with E-state index < -0.39 is 0 Å². The third-order valence-electron chi connectivity index (χ3n) is 6.54. The van der Waals surface area contributed by atoms with E-state index in [1.807, 2.05) is 9.80 Å². The zero-order valence-electron chi connectivity index (χ0n) is 15.8. The molecule has 0 radical (unpaired) electrons. The summed E-state index contributed by atoms with van der Waals surface area (Å²) in [5, 5.41) is 1.24. The minimum Gasteiger partial charge on any atom is -0.346 e. The standard InChI is InChI=1S/C21H26N4O2/c1-22-16(12-15-6-2-3-7-17(15)22)13-23-10-11-25-19(14-23)21(27)24-9-5-4-8-18(24)20(25)26/h2-3,6-7,12,18-19H,4-5,8-11,13-14H2,1H3. The van der Waals surface area contributed by atoms with Crippen LogP contribution in [0.3, 0.4) is 0 Å². The van der Waals surface area contributed by atoms with Crippen LogP contribution >= 0.6 is 0 Å². The number of piperazine rings is 2. The van der Waals surface area contributed by atoms with Crippen LogP contribution in [0.5, 0.6) is 0 Å². The van der Waals surface area contributed by atoms with Crippen molar-refractivity contribution in [3.05, 3.63) is 36.0 Å². The Morgan fingerprint density at radius 3 is 2.59 bits per heavy atom. The molecule has 3 aliphatic heterocycles. The Morgan fingerprint density at radius 2 is 1.74 bits per heavy atom. The molecule has 0 saturated carbocycles. The number of carbonyl (C=O) groups excluding carboxylic acids is 2. The van der Waals surface area contributed by atoms with Crippen molar-refractivity contribution in [1.29, 1.82) is 0 Å². The van der Waals surface area contributed by atoms with Crippen molar-refractivity contribution in [3.63, 3.8) is 0 Å².